The summed E-state index contributed by atoms with van der Waals surface area (Å²) in [7, 11) is 0. The Morgan fingerprint density at radius 1 is 1.18 bits per heavy atom. The molecule has 0 amide bonds. The van der Waals surface area contributed by atoms with Crippen molar-refractivity contribution in [2.75, 3.05) is 17.2 Å². The lowest BCUT2D eigenvalue weighted by Gasteiger charge is -2.06. The van der Waals surface area contributed by atoms with Crippen LogP contribution < -0.4 is 10.6 Å². The second-order valence-electron chi connectivity index (χ2n) is 3.65. The summed E-state index contributed by atoms with van der Waals surface area (Å²) >= 11 is 1.67. The molecule has 0 atom stereocenters. The van der Waals surface area contributed by atoms with Gasteiger partial charge in [-0.25, -0.2) is 9.97 Å². The van der Waals surface area contributed by atoms with Gasteiger partial charge in [0.15, 0.2) is 0 Å². The van der Waals surface area contributed by atoms with Crippen molar-refractivity contribution in [1.29, 1.82) is 0 Å². The van der Waals surface area contributed by atoms with Crippen molar-refractivity contribution in [3.05, 3.63) is 34.3 Å². The topological polar surface area (TPSA) is 49.8 Å². The van der Waals surface area contributed by atoms with Crippen LogP contribution in [0.15, 0.2) is 23.6 Å². The molecule has 0 aromatic carbocycles. The van der Waals surface area contributed by atoms with Gasteiger partial charge in [0.2, 0.25) is 0 Å². The second-order valence-corrected chi connectivity index (χ2v) is 4.71. The SMILES string of the molecule is CCNc1cccc(NCc2csc(C)n2)n1. The zero-order chi connectivity index (χ0) is 12.1. The molecule has 0 saturated heterocycles. The largest absolute Gasteiger partial charge is 0.370 e. The first-order valence-corrected chi connectivity index (χ1v) is 6.51. The number of hydrogen-bond acceptors (Lipinski definition) is 5. The van der Waals surface area contributed by atoms with Crippen molar-refractivity contribution < 1.29 is 0 Å². The lowest BCUT2D eigenvalue weighted by atomic mass is 10.4. The van der Waals surface area contributed by atoms with Gasteiger partial charge in [0.1, 0.15) is 11.6 Å². The van der Waals surface area contributed by atoms with Crippen LogP contribution in [-0.4, -0.2) is 16.5 Å². The van der Waals surface area contributed by atoms with Crippen molar-refractivity contribution in [2.45, 2.75) is 20.4 Å². The monoisotopic (exact) mass is 248 g/mol. The Kier molecular flexibility index (Phi) is 3.93. The number of thiazole rings is 1. The number of aryl methyl sites for hydroxylation is 1. The fourth-order valence-corrected chi connectivity index (χ4v) is 2.10. The lowest BCUT2D eigenvalue weighted by Crippen LogP contribution is -2.04. The Morgan fingerprint density at radius 3 is 2.59 bits per heavy atom. The fraction of sp³-hybridized carbons (Fsp3) is 0.333. The van der Waals surface area contributed by atoms with E-state index in [9.17, 15) is 0 Å². The van der Waals surface area contributed by atoms with E-state index in [0.717, 1.165) is 28.9 Å². The first-order chi connectivity index (χ1) is 8.28. The first kappa shape index (κ1) is 11.9. The van der Waals surface area contributed by atoms with E-state index in [1.54, 1.807) is 11.3 Å². The molecule has 0 aliphatic heterocycles. The third-order valence-electron chi connectivity index (χ3n) is 2.22. The molecule has 0 bridgehead atoms. The van der Waals surface area contributed by atoms with E-state index >= 15 is 0 Å². The van der Waals surface area contributed by atoms with Crippen molar-refractivity contribution in [1.82, 2.24) is 9.97 Å². The molecule has 2 heterocycles. The predicted molar refractivity (Wildman–Crippen MR) is 72.6 cm³/mol. The van der Waals surface area contributed by atoms with E-state index in [1.807, 2.05) is 25.1 Å². The molecule has 4 nitrogen and oxygen atoms in total. The molecule has 2 rings (SSSR count). The molecule has 2 N–H and O–H groups in total. The maximum atomic E-state index is 4.44. The van der Waals surface area contributed by atoms with Gasteiger partial charge in [0, 0.05) is 11.9 Å². The molecule has 0 aliphatic carbocycles. The van der Waals surface area contributed by atoms with E-state index < -0.39 is 0 Å². The van der Waals surface area contributed by atoms with Crippen molar-refractivity contribution in [3.8, 4) is 0 Å². The van der Waals surface area contributed by atoms with Crippen LogP contribution in [-0.2, 0) is 6.54 Å². The van der Waals surface area contributed by atoms with Gasteiger partial charge in [-0.1, -0.05) is 6.07 Å². The summed E-state index contributed by atoms with van der Waals surface area (Å²) in [4.78, 5) is 8.83. The van der Waals surface area contributed by atoms with Gasteiger partial charge in [-0.3, -0.25) is 0 Å². The van der Waals surface area contributed by atoms with Crippen LogP contribution >= 0.6 is 11.3 Å². The summed E-state index contributed by atoms with van der Waals surface area (Å²) in [6, 6.07) is 5.90. The highest BCUT2D eigenvalue weighted by Crippen LogP contribution is 2.12. The molecule has 0 unspecified atom stereocenters. The standard InChI is InChI=1S/C12H16N4S/c1-3-13-11-5-4-6-12(16-11)14-7-10-8-17-9(2)15-10/h4-6,8H,3,7H2,1-2H3,(H2,13,14,16). The summed E-state index contributed by atoms with van der Waals surface area (Å²) in [6.07, 6.45) is 0. The second kappa shape index (κ2) is 5.63. The van der Waals surface area contributed by atoms with Gasteiger partial charge in [-0.15, -0.1) is 11.3 Å². The molecular formula is C12H16N4S. The number of anilines is 2. The quantitative estimate of drug-likeness (QED) is 0.854. The van der Waals surface area contributed by atoms with Crippen molar-refractivity contribution in [2.24, 2.45) is 0 Å². The van der Waals surface area contributed by atoms with Gasteiger partial charge in [0.05, 0.1) is 17.2 Å². The lowest BCUT2D eigenvalue weighted by molar-refractivity contribution is 1.03. The number of rotatable bonds is 5. The van der Waals surface area contributed by atoms with Crippen LogP contribution in [0.3, 0.4) is 0 Å². The average molecular weight is 248 g/mol. The highest BCUT2D eigenvalue weighted by atomic mass is 32.1. The van der Waals surface area contributed by atoms with Crippen LogP contribution in [0.5, 0.6) is 0 Å². The summed E-state index contributed by atoms with van der Waals surface area (Å²) in [5.41, 5.74) is 1.06. The minimum atomic E-state index is 0.715. The third-order valence-corrected chi connectivity index (χ3v) is 3.05. The maximum absolute atomic E-state index is 4.44. The molecular weight excluding hydrogens is 232 g/mol. The summed E-state index contributed by atoms with van der Waals surface area (Å²) in [5, 5.41) is 9.61. The van der Waals surface area contributed by atoms with Crippen LogP contribution in [0.1, 0.15) is 17.6 Å². The normalized spacial score (nSPS) is 10.2. The van der Waals surface area contributed by atoms with E-state index in [-0.39, 0.29) is 0 Å². The summed E-state index contributed by atoms with van der Waals surface area (Å²) < 4.78 is 0. The zero-order valence-electron chi connectivity index (χ0n) is 10.0. The Hall–Kier alpha value is -1.62. The fourth-order valence-electron chi connectivity index (χ4n) is 1.48. The molecule has 5 heteroatoms. The van der Waals surface area contributed by atoms with Gasteiger partial charge in [-0.05, 0) is 26.0 Å². The highest BCUT2D eigenvalue weighted by molar-refractivity contribution is 7.09. The zero-order valence-corrected chi connectivity index (χ0v) is 10.8. The Labute approximate surface area is 105 Å². The van der Waals surface area contributed by atoms with Crippen molar-refractivity contribution in [3.63, 3.8) is 0 Å². The maximum Gasteiger partial charge on any atom is 0.128 e. The van der Waals surface area contributed by atoms with E-state index in [1.165, 1.54) is 0 Å². The molecule has 0 saturated carbocycles. The molecule has 0 spiro atoms. The van der Waals surface area contributed by atoms with Crippen molar-refractivity contribution >= 4 is 23.0 Å². The Balaban J connectivity index is 1.96. The average Bonchev–Trinajstić information content (AvgIpc) is 2.74. The number of nitrogens with one attached hydrogen (secondary N) is 2. The Bertz CT molecular complexity index is 481. The van der Waals surface area contributed by atoms with Gasteiger partial charge in [-0.2, -0.15) is 0 Å². The van der Waals surface area contributed by atoms with Gasteiger partial charge < -0.3 is 10.6 Å². The van der Waals surface area contributed by atoms with Crippen LogP contribution in [0.25, 0.3) is 0 Å². The molecule has 90 valence electrons. The van der Waals surface area contributed by atoms with Gasteiger partial charge in [0.25, 0.3) is 0 Å². The first-order valence-electron chi connectivity index (χ1n) is 5.63. The highest BCUT2D eigenvalue weighted by Gasteiger charge is 1.99. The van der Waals surface area contributed by atoms with E-state index in [0.29, 0.717) is 6.54 Å². The number of aromatic nitrogens is 2. The molecule has 17 heavy (non-hydrogen) atoms. The predicted octanol–water partition coefficient (Wildman–Crippen LogP) is 2.89. The summed E-state index contributed by atoms with van der Waals surface area (Å²) in [6.45, 7) is 5.66. The van der Waals surface area contributed by atoms with E-state index in [2.05, 4.69) is 32.9 Å². The number of hydrogen-bond donors (Lipinski definition) is 2. The molecule has 2 aromatic heterocycles. The number of pyridine rings is 1. The molecule has 0 radical (unpaired) electrons. The summed E-state index contributed by atoms with van der Waals surface area (Å²) in [5.74, 6) is 1.76. The smallest absolute Gasteiger partial charge is 0.128 e. The van der Waals surface area contributed by atoms with Crippen LogP contribution in [0.2, 0.25) is 0 Å². The third kappa shape index (κ3) is 3.42. The van der Waals surface area contributed by atoms with Crippen LogP contribution in [0, 0.1) is 6.92 Å². The number of nitrogens with zero attached hydrogens (tertiary/aromatic N) is 2. The molecule has 2 aromatic rings. The van der Waals surface area contributed by atoms with E-state index in [4.69, 9.17) is 0 Å². The molecule has 0 fully saturated rings. The minimum Gasteiger partial charge on any atom is -0.370 e. The minimum absolute atomic E-state index is 0.715. The van der Waals surface area contributed by atoms with Gasteiger partial charge >= 0.3 is 0 Å². The Morgan fingerprint density at radius 2 is 1.94 bits per heavy atom. The molecule has 0 aliphatic rings. The van der Waals surface area contributed by atoms with Crippen LogP contribution in [0.4, 0.5) is 11.6 Å².